The molecule has 0 spiro atoms. The Kier molecular flexibility index (Phi) is 5.07. The zero-order valence-corrected chi connectivity index (χ0v) is 14.0. The van der Waals surface area contributed by atoms with E-state index in [1.165, 1.54) is 0 Å². The molecule has 106 valence electrons. The number of hydrogen-bond donors (Lipinski definition) is 1. The van der Waals surface area contributed by atoms with Gasteiger partial charge in [-0.2, -0.15) is 0 Å². The molecule has 0 amide bonds. The molecule has 0 atom stereocenters. The average molecular weight is 402 g/mol. The fourth-order valence-corrected chi connectivity index (χ4v) is 2.30. The van der Waals surface area contributed by atoms with Gasteiger partial charge in [-0.25, -0.2) is 0 Å². The number of para-hydroxylation sites is 2. The van der Waals surface area contributed by atoms with E-state index in [0.717, 1.165) is 8.95 Å². The maximum Gasteiger partial charge on any atom is 0.368 e. The minimum atomic E-state index is -1.73. The molecule has 2 aromatic carbocycles. The van der Waals surface area contributed by atoms with E-state index in [4.69, 9.17) is 9.47 Å². The molecular formula is C15H14Br2O3. The summed E-state index contributed by atoms with van der Waals surface area (Å²) in [5, 5.41) is 10.5. The standard InChI is InChI=1S/C15H14Br2O3/c1-2-15(18,19-13-9-5-3-7-11(13)16)20-14-10-6-4-8-12(14)17/h3-10,18H,2H2,1H3. The zero-order chi connectivity index (χ0) is 14.6. The van der Waals surface area contributed by atoms with Crippen LogP contribution in [0.25, 0.3) is 0 Å². The van der Waals surface area contributed by atoms with Crippen molar-refractivity contribution in [2.75, 3.05) is 0 Å². The zero-order valence-electron chi connectivity index (χ0n) is 10.8. The molecule has 2 aromatic rings. The Morgan fingerprint density at radius 2 is 1.30 bits per heavy atom. The summed E-state index contributed by atoms with van der Waals surface area (Å²) in [7, 11) is 0. The van der Waals surface area contributed by atoms with Gasteiger partial charge in [-0.3, -0.25) is 0 Å². The van der Waals surface area contributed by atoms with Crippen molar-refractivity contribution >= 4 is 31.9 Å². The van der Waals surface area contributed by atoms with Crippen molar-refractivity contribution < 1.29 is 14.6 Å². The van der Waals surface area contributed by atoms with Crippen molar-refractivity contribution in [3.8, 4) is 11.5 Å². The Labute approximate surface area is 134 Å². The summed E-state index contributed by atoms with van der Waals surface area (Å²) in [4.78, 5) is 0. The number of rotatable bonds is 5. The minimum absolute atomic E-state index is 0.273. The summed E-state index contributed by atoms with van der Waals surface area (Å²) in [6, 6.07) is 14.6. The third kappa shape index (κ3) is 3.75. The van der Waals surface area contributed by atoms with E-state index in [0.29, 0.717) is 11.5 Å². The summed E-state index contributed by atoms with van der Waals surface area (Å²) in [5.41, 5.74) is 0. The van der Waals surface area contributed by atoms with Crippen molar-refractivity contribution in [2.24, 2.45) is 0 Å². The van der Waals surface area contributed by atoms with Crippen LogP contribution in [-0.4, -0.2) is 11.1 Å². The van der Waals surface area contributed by atoms with Gasteiger partial charge >= 0.3 is 5.97 Å². The van der Waals surface area contributed by atoms with Crippen LogP contribution in [0.15, 0.2) is 57.5 Å². The van der Waals surface area contributed by atoms with Crippen LogP contribution in [0.1, 0.15) is 13.3 Å². The van der Waals surface area contributed by atoms with Crippen molar-refractivity contribution in [1.29, 1.82) is 0 Å². The molecule has 2 rings (SSSR count). The fraction of sp³-hybridized carbons (Fsp3) is 0.200. The lowest BCUT2D eigenvalue weighted by molar-refractivity contribution is -0.274. The monoisotopic (exact) mass is 400 g/mol. The van der Waals surface area contributed by atoms with E-state index in [1.807, 2.05) is 36.4 Å². The molecule has 0 aliphatic rings. The highest BCUT2D eigenvalue weighted by Crippen LogP contribution is 2.32. The van der Waals surface area contributed by atoms with E-state index in [2.05, 4.69) is 31.9 Å². The largest absolute Gasteiger partial charge is 0.429 e. The Morgan fingerprint density at radius 3 is 1.65 bits per heavy atom. The van der Waals surface area contributed by atoms with Crippen molar-refractivity contribution in [2.45, 2.75) is 19.3 Å². The van der Waals surface area contributed by atoms with Gasteiger partial charge in [-0.15, -0.1) is 0 Å². The number of hydrogen-bond acceptors (Lipinski definition) is 3. The van der Waals surface area contributed by atoms with Crippen LogP contribution in [0, 0.1) is 0 Å². The molecule has 0 saturated heterocycles. The molecule has 0 aromatic heterocycles. The van der Waals surface area contributed by atoms with Crippen LogP contribution in [0.3, 0.4) is 0 Å². The summed E-state index contributed by atoms with van der Waals surface area (Å²) < 4.78 is 12.7. The van der Waals surface area contributed by atoms with E-state index in [9.17, 15) is 5.11 Å². The topological polar surface area (TPSA) is 38.7 Å². The van der Waals surface area contributed by atoms with Gasteiger partial charge in [0.05, 0.1) is 15.4 Å². The first-order chi connectivity index (χ1) is 9.54. The van der Waals surface area contributed by atoms with Gasteiger partial charge in [0.25, 0.3) is 0 Å². The molecular weight excluding hydrogens is 388 g/mol. The van der Waals surface area contributed by atoms with Gasteiger partial charge in [0.15, 0.2) is 0 Å². The molecule has 0 aliphatic heterocycles. The van der Waals surface area contributed by atoms with Crippen molar-refractivity contribution in [3.05, 3.63) is 57.5 Å². The van der Waals surface area contributed by atoms with Crippen LogP contribution in [-0.2, 0) is 0 Å². The maximum absolute atomic E-state index is 10.5. The maximum atomic E-state index is 10.5. The third-order valence-electron chi connectivity index (χ3n) is 2.66. The predicted molar refractivity (Wildman–Crippen MR) is 84.8 cm³/mol. The van der Waals surface area contributed by atoms with Gasteiger partial charge in [-0.05, 0) is 56.1 Å². The molecule has 0 radical (unpaired) electrons. The molecule has 20 heavy (non-hydrogen) atoms. The second-order valence-corrected chi connectivity index (χ2v) is 5.84. The van der Waals surface area contributed by atoms with Gasteiger partial charge in [0, 0.05) is 0 Å². The first kappa shape index (κ1) is 15.4. The van der Waals surface area contributed by atoms with E-state index in [-0.39, 0.29) is 6.42 Å². The summed E-state index contributed by atoms with van der Waals surface area (Å²) >= 11 is 6.75. The van der Waals surface area contributed by atoms with Crippen LogP contribution in [0.5, 0.6) is 11.5 Å². The molecule has 1 N–H and O–H groups in total. The first-order valence-electron chi connectivity index (χ1n) is 6.13. The van der Waals surface area contributed by atoms with Gasteiger partial charge < -0.3 is 14.6 Å². The summed E-state index contributed by atoms with van der Waals surface area (Å²) in [6.45, 7) is 1.79. The summed E-state index contributed by atoms with van der Waals surface area (Å²) in [5.74, 6) is -0.693. The van der Waals surface area contributed by atoms with E-state index in [1.54, 1.807) is 19.1 Å². The summed E-state index contributed by atoms with van der Waals surface area (Å²) in [6.07, 6.45) is 0.273. The average Bonchev–Trinajstić information content (AvgIpc) is 2.44. The fourth-order valence-electron chi connectivity index (χ4n) is 1.56. The molecule has 3 nitrogen and oxygen atoms in total. The SMILES string of the molecule is CCC(O)(Oc1ccccc1Br)Oc1ccccc1Br. The quantitative estimate of drug-likeness (QED) is 0.736. The molecule has 0 heterocycles. The molecule has 0 aliphatic carbocycles. The van der Waals surface area contributed by atoms with Gasteiger partial charge in [0.2, 0.25) is 0 Å². The Morgan fingerprint density at radius 1 is 0.900 bits per heavy atom. The minimum Gasteiger partial charge on any atom is -0.429 e. The second kappa shape index (κ2) is 6.61. The number of benzene rings is 2. The second-order valence-electron chi connectivity index (χ2n) is 4.13. The van der Waals surface area contributed by atoms with Gasteiger partial charge in [0.1, 0.15) is 11.5 Å². The first-order valence-corrected chi connectivity index (χ1v) is 7.72. The van der Waals surface area contributed by atoms with E-state index >= 15 is 0 Å². The molecule has 5 heteroatoms. The number of aliphatic hydroxyl groups is 1. The predicted octanol–water partition coefficient (Wildman–Crippen LogP) is 4.73. The Hall–Kier alpha value is -1.04. The number of ether oxygens (including phenoxy) is 2. The van der Waals surface area contributed by atoms with Crippen LogP contribution < -0.4 is 9.47 Å². The number of halogens is 2. The highest BCUT2D eigenvalue weighted by molar-refractivity contribution is 9.10. The van der Waals surface area contributed by atoms with E-state index < -0.39 is 5.97 Å². The van der Waals surface area contributed by atoms with Gasteiger partial charge in [-0.1, -0.05) is 31.2 Å². The Balaban J connectivity index is 2.22. The van der Waals surface area contributed by atoms with Crippen LogP contribution in [0.4, 0.5) is 0 Å². The van der Waals surface area contributed by atoms with Crippen molar-refractivity contribution in [1.82, 2.24) is 0 Å². The van der Waals surface area contributed by atoms with Crippen LogP contribution >= 0.6 is 31.9 Å². The lowest BCUT2D eigenvalue weighted by Gasteiger charge is -2.28. The Bertz CT molecular complexity index is 539. The lowest BCUT2D eigenvalue weighted by Crippen LogP contribution is -2.41. The van der Waals surface area contributed by atoms with Crippen molar-refractivity contribution in [3.63, 3.8) is 0 Å². The smallest absolute Gasteiger partial charge is 0.368 e. The lowest BCUT2D eigenvalue weighted by atomic mass is 10.3. The molecule has 0 fully saturated rings. The molecule has 0 unspecified atom stereocenters. The van der Waals surface area contributed by atoms with Crippen LogP contribution in [0.2, 0.25) is 0 Å². The molecule has 0 saturated carbocycles. The molecule has 0 bridgehead atoms. The normalized spacial score (nSPS) is 11.2. The highest BCUT2D eigenvalue weighted by atomic mass is 79.9. The highest BCUT2D eigenvalue weighted by Gasteiger charge is 2.31. The third-order valence-corrected chi connectivity index (χ3v) is 3.97.